The lowest BCUT2D eigenvalue weighted by atomic mass is 10.0. The fraction of sp³-hybridized carbons (Fsp3) is 0. The van der Waals surface area contributed by atoms with Gasteiger partial charge in [0.05, 0.1) is 10.5 Å². The van der Waals surface area contributed by atoms with E-state index < -0.39 is 16.5 Å². The molecule has 0 bridgehead atoms. The molecule has 0 saturated heterocycles. The molecule has 0 radical (unpaired) electrons. The molecule has 3 rings (SSSR count). The molecule has 3 aromatic carbocycles. The van der Waals surface area contributed by atoms with Gasteiger partial charge in [0.25, 0.3) is 5.91 Å². The summed E-state index contributed by atoms with van der Waals surface area (Å²) in [5, 5.41) is 11.8. The van der Waals surface area contributed by atoms with Crippen LogP contribution in [0, 0.1) is 10.1 Å². The van der Waals surface area contributed by atoms with Gasteiger partial charge in [0.2, 0.25) is 5.75 Å². The molecule has 0 saturated carbocycles. The average molecular weight is 397 g/mol. The number of nitro groups is 1. The summed E-state index contributed by atoms with van der Waals surface area (Å²) in [6.07, 6.45) is 0. The molecular formula is C20H13ClN2O5. The highest BCUT2D eigenvalue weighted by Crippen LogP contribution is 2.35. The SMILES string of the molecule is NC(=O)c1cc(Cl)ccc1Oc1ccc(C(=O)c2ccccc2)cc1[N+](=O)[O-]. The molecule has 0 aliphatic carbocycles. The molecule has 140 valence electrons. The molecule has 0 aromatic heterocycles. The van der Waals surface area contributed by atoms with E-state index in [-0.39, 0.29) is 33.4 Å². The summed E-state index contributed by atoms with van der Waals surface area (Å²) in [6.45, 7) is 0. The number of amides is 1. The first-order chi connectivity index (χ1) is 13.4. The monoisotopic (exact) mass is 396 g/mol. The zero-order chi connectivity index (χ0) is 20.3. The van der Waals surface area contributed by atoms with Crippen molar-refractivity contribution in [3.63, 3.8) is 0 Å². The number of rotatable bonds is 6. The van der Waals surface area contributed by atoms with E-state index in [0.29, 0.717) is 5.56 Å². The number of halogens is 1. The predicted molar refractivity (Wildman–Crippen MR) is 103 cm³/mol. The fourth-order valence-electron chi connectivity index (χ4n) is 2.55. The highest BCUT2D eigenvalue weighted by atomic mass is 35.5. The number of nitro benzene ring substituents is 1. The normalized spacial score (nSPS) is 10.3. The van der Waals surface area contributed by atoms with Crippen LogP contribution in [-0.4, -0.2) is 16.6 Å². The van der Waals surface area contributed by atoms with E-state index in [1.165, 1.54) is 30.3 Å². The highest BCUT2D eigenvalue weighted by molar-refractivity contribution is 6.31. The number of hydrogen-bond acceptors (Lipinski definition) is 5. The number of carbonyl (C=O) groups is 2. The van der Waals surface area contributed by atoms with Gasteiger partial charge < -0.3 is 10.5 Å². The number of ether oxygens (including phenoxy) is 1. The van der Waals surface area contributed by atoms with Gasteiger partial charge in [0, 0.05) is 22.2 Å². The summed E-state index contributed by atoms with van der Waals surface area (Å²) in [6, 6.07) is 16.4. The van der Waals surface area contributed by atoms with Crippen LogP contribution < -0.4 is 10.5 Å². The molecule has 2 N–H and O–H groups in total. The average Bonchev–Trinajstić information content (AvgIpc) is 2.69. The van der Waals surface area contributed by atoms with Crippen molar-refractivity contribution in [1.29, 1.82) is 0 Å². The third kappa shape index (κ3) is 3.99. The molecule has 0 fully saturated rings. The van der Waals surface area contributed by atoms with Crippen molar-refractivity contribution in [3.05, 3.63) is 98.6 Å². The van der Waals surface area contributed by atoms with Crippen LogP contribution in [-0.2, 0) is 0 Å². The number of carbonyl (C=O) groups excluding carboxylic acids is 2. The van der Waals surface area contributed by atoms with Crippen molar-refractivity contribution < 1.29 is 19.2 Å². The third-order valence-corrected chi connectivity index (χ3v) is 4.12. The van der Waals surface area contributed by atoms with Gasteiger partial charge in [0.1, 0.15) is 5.75 Å². The lowest BCUT2D eigenvalue weighted by molar-refractivity contribution is -0.385. The Morgan fingerprint density at radius 2 is 1.61 bits per heavy atom. The van der Waals surface area contributed by atoms with Gasteiger partial charge in [-0.2, -0.15) is 0 Å². The lowest BCUT2D eigenvalue weighted by Gasteiger charge is -2.11. The van der Waals surface area contributed by atoms with E-state index in [4.69, 9.17) is 22.1 Å². The highest BCUT2D eigenvalue weighted by Gasteiger charge is 2.21. The lowest BCUT2D eigenvalue weighted by Crippen LogP contribution is -2.12. The van der Waals surface area contributed by atoms with Gasteiger partial charge in [-0.1, -0.05) is 41.9 Å². The second-order valence-corrected chi connectivity index (χ2v) is 6.18. The molecule has 0 aliphatic rings. The Morgan fingerprint density at radius 3 is 2.25 bits per heavy atom. The van der Waals surface area contributed by atoms with E-state index in [1.54, 1.807) is 30.3 Å². The van der Waals surface area contributed by atoms with Crippen molar-refractivity contribution in [2.24, 2.45) is 5.73 Å². The van der Waals surface area contributed by atoms with Crippen molar-refractivity contribution in [2.75, 3.05) is 0 Å². The molecule has 0 unspecified atom stereocenters. The minimum Gasteiger partial charge on any atom is -0.449 e. The Balaban J connectivity index is 2.01. The molecular weight excluding hydrogens is 384 g/mol. The third-order valence-electron chi connectivity index (χ3n) is 3.88. The summed E-state index contributed by atoms with van der Waals surface area (Å²) in [5.41, 5.74) is 5.40. The Kier molecular flexibility index (Phi) is 5.37. The number of ketones is 1. The molecule has 0 atom stereocenters. The Bertz CT molecular complexity index is 1080. The van der Waals surface area contributed by atoms with E-state index in [9.17, 15) is 19.7 Å². The quantitative estimate of drug-likeness (QED) is 0.377. The number of nitrogens with zero attached hydrogens (tertiary/aromatic N) is 1. The van der Waals surface area contributed by atoms with Crippen LogP contribution >= 0.6 is 11.6 Å². The molecule has 28 heavy (non-hydrogen) atoms. The molecule has 3 aromatic rings. The van der Waals surface area contributed by atoms with Gasteiger partial charge in [-0.05, 0) is 30.3 Å². The van der Waals surface area contributed by atoms with Gasteiger partial charge in [-0.3, -0.25) is 19.7 Å². The van der Waals surface area contributed by atoms with Crippen molar-refractivity contribution in [3.8, 4) is 11.5 Å². The molecule has 0 spiro atoms. The first-order valence-corrected chi connectivity index (χ1v) is 8.40. The van der Waals surface area contributed by atoms with Crippen molar-refractivity contribution in [2.45, 2.75) is 0 Å². The maximum atomic E-state index is 12.5. The molecule has 0 aliphatic heterocycles. The molecule has 0 heterocycles. The summed E-state index contributed by atoms with van der Waals surface area (Å²) in [7, 11) is 0. The van der Waals surface area contributed by atoms with E-state index in [0.717, 1.165) is 6.07 Å². The van der Waals surface area contributed by atoms with Crippen molar-refractivity contribution >= 4 is 29.0 Å². The maximum absolute atomic E-state index is 12.5. The Labute approximate surface area is 164 Å². The zero-order valence-electron chi connectivity index (χ0n) is 14.3. The smallest absolute Gasteiger partial charge is 0.312 e. The van der Waals surface area contributed by atoms with E-state index in [1.807, 2.05) is 0 Å². The van der Waals surface area contributed by atoms with Crippen molar-refractivity contribution in [1.82, 2.24) is 0 Å². The Hall–Kier alpha value is -3.71. The first kappa shape index (κ1) is 19.1. The van der Waals surface area contributed by atoms with Crippen LogP contribution in [0.5, 0.6) is 11.5 Å². The first-order valence-electron chi connectivity index (χ1n) is 8.02. The van der Waals surface area contributed by atoms with Crippen LogP contribution in [0.15, 0.2) is 66.7 Å². The second kappa shape index (κ2) is 7.89. The van der Waals surface area contributed by atoms with Crippen LogP contribution in [0.3, 0.4) is 0 Å². The van der Waals surface area contributed by atoms with E-state index >= 15 is 0 Å². The number of hydrogen-bond donors (Lipinski definition) is 1. The summed E-state index contributed by atoms with van der Waals surface area (Å²) >= 11 is 5.85. The van der Waals surface area contributed by atoms with Crippen LogP contribution in [0.25, 0.3) is 0 Å². The largest absolute Gasteiger partial charge is 0.449 e. The van der Waals surface area contributed by atoms with Gasteiger partial charge in [-0.25, -0.2) is 0 Å². The zero-order valence-corrected chi connectivity index (χ0v) is 15.1. The maximum Gasteiger partial charge on any atom is 0.312 e. The number of primary amides is 1. The fourth-order valence-corrected chi connectivity index (χ4v) is 2.72. The van der Waals surface area contributed by atoms with Crippen LogP contribution in [0.2, 0.25) is 5.02 Å². The predicted octanol–water partition coefficient (Wildman–Crippen LogP) is 4.37. The van der Waals surface area contributed by atoms with Crippen LogP contribution in [0.4, 0.5) is 5.69 Å². The summed E-state index contributed by atoms with van der Waals surface area (Å²) in [4.78, 5) is 34.9. The molecule has 7 nitrogen and oxygen atoms in total. The number of benzene rings is 3. The number of nitrogens with two attached hydrogens (primary N) is 1. The van der Waals surface area contributed by atoms with E-state index in [2.05, 4.69) is 0 Å². The van der Waals surface area contributed by atoms with Crippen LogP contribution in [0.1, 0.15) is 26.3 Å². The standard InChI is InChI=1S/C20H13ClN2O5/c21-14-7-9-17(15(11-14)20(22)25)28-18-8-6-13(10-16(18)23(26)27)19(24)12-4-2-1-3-5-12/h1-11H,(H2,22,25). The summed E-state index contributed by atoms with van der Waals surface area (Å²) in [5.74, 6) is -1.28. The van der Waals surface area contributed by atoms with Gasteiger partial charge in [-0.15, -0.1) is 0 Å². The molecule has 1 amide bonds. The summed E-state index contributed by atoms with van der Waals surface area (Å²) < 4.78 is 5.55. The minimum absolute atomic E-state index is 0.0159. The molecule has 8 heteroatoms. The van der Waals surface area contributed by atoms with Gasteiger partial charge >= 0.3 is 5.69 Å². The minimum atomic E-state index is -0.795. The van der Waals surface area contributed by atoms with Gasteiger partial charge in [0.15, 0.2) is 5.78 Å². The Morgan fingerprint density at radius 1 is 0.929 bits per heavy atom. The second-order valence-electron chi connectivity index (χ2n) is 5.74. The topological polar surface area (TPSA) is 113 Å².